The molecule has 206 valence electrons. The molecule has 4 heterocycles. The highest BCUT2D eigenvalue weighted by molar-refractivity contribution is 5.80. The van der Waals surface area contributed by atoms with Gasteiger partial charge in [-0.2, -0.15) is 0 Å². The van der Waals surface area contributed by atoms with E-state index in [-0.39, 0.29) is 11.6 Å². The van der Waals surface area contributed by atoms with E-state index >= 15 is 0 Å². The number of fused-ring (bicyclic) bond motifs is 1. The number of pyridine rings is 2. The van der Waals surface area contributed by atoms with E-state index in [1.165, 1.54) is 6.42 Å². The van der Waals surface area contributed by atoms with Crippen molar-refractivity contribution in [3.05, 3.63) is 100 Å². The molecule has 0 unspecified atom stereocenters. The Morgan fingerprint density at radius 3 is 2.80 bits per heavy atom. The van der Waals surface area contributed by atoms with E-state index in [1.54, 1.807) is 12.5 Å². The molecule has 0 aliphatic heterocycles. The second-order valence-corrected chi connectivity index (χ2v) is 10.3. The number of aromatic nitrogens is 6. The van der Waals surface area contributed by atoms with Gasteiger partial charge in [0.25, 0.3) is 5.56 Å². The average molecular weight is 540 g/mol. The number of nitrogens with zero attached hydrogens (tertiary/aromatic N) is 6. The maximum Gasteiger partial charge on any atom is 0.253 e. The summed E-state index contributed by atoms with van der Waals surface area (Å²) in [6.07, 6.45) is 10.8. The highest BCUT2D eigenvalue weighted by Crippen LogP contribution is 2.35. The Morgan fingerprint density at radius 1 is 1.12 bits per heavy atom. The summed E-state index contributed by atoms with van der Waals surface area (Å²) in [4.78, 5) is 23.4. The second kappa shape index (κ2) is 11.8. The number of ether oxygens (including phenoxy) is 1. The molecule has 0 radical (unpaired) electrons. The normalized spacial score (nSPS) is 15.1. The van der Waals surface area contributed by atoms with Crippen LogP contribution in [-0.2, 0) is 13.1 Å². The lowest BCUT2D eigenvalue weighted by Crippen LogP contribution is -2.35. The largest absolute Gasteiger partial charge is 0.494 e. The fraction of sp³-hybridized carbons (Fsp3) is 0.367. The van der Waals surface area contributed by atoms with Crippen molar-refractivity contribution in [3.63, 3.8) is 0 Å². The molecular formula is C30H33N7O3. The Bertz CT molecular complexity index is 1590. The minimum atomic E-state index is -0.550. The molecule has 1 fully saturated rings. The van der Waals surface area contributed by atoms with Crippen LogP contribution in [0.25, 0.3) is 10.9 Å². The van der Waals surface area contributed by atoms with Crippen LogP contribution in [0.4, 0.5) is 0 Å². The standard InChI is InChI=1S/C30H33N7O3/c1-2-39-24-12-13-27-22(16-24)17-26(30(38)32-27)28(29-33-34-35-37(29)23-9-4-3-5-10-23)36(20-25-11-7-15-40-25)19-21-8-6-14-31-18-21/h6-8,11-18,23,28H,2-5,9-10,19-20H2,1H3,(H,32,38)/t28-/m0/s1. The summed E-state index contributed by atoms with van der Waals surface area (Å²) >= 11 is 0. The van der Waals surface area contributed by atoms with Crippen molar-refractivity contribution >= 4 is 10.9 Å². The Balaban J connectivity index is 1.52. The summed E-state index contributed by atoms with van der Waals surface area (Å²) in [5, 5.41) is 14.0. The van der Waals surface area contributed by atoms with Crippen molar-refractivity contribution in [1.82, 2.24) is 35.1 Å². The first-order valence-electron chi connectivity index (χ1n) is 13.9. The number of hydrogen-bond donors (Lipinski definition) is 1. The fourth-order valence-corrected chi connectivity index (χ4v) is 5.69. The van der Waals surface area contributed by atoms with Crippen molar-refractivity contribution in [3.8, 4) is 5.75 Å². The average Bonchev–Trinajstić information content (AvgIpc) is 3.68. The van der Waals surface area contributed by atoms with Crippen molar-refractivity contribution in [2.45, 2.75) is 64.2 Å². The minimum absolute atomic E-state index is 0.185. The quantitative estimate of drug-likeness (QED) is 0.258. The Hall–Kier alpha value is -4.31. The molecule has 0 amide bonds. The number of nitrogens with one attached hydrogen (secondary N) is 1. The number of furan rings is 1. The SMILES string of the molecule is CCOc1ccc2[nH]c(=O)c([C@@H](c3nnnn3C3CCCCC3)N(Cc3cccnc3)Cc3ccco3)cc2c1. The minimum Gasteiger partial charge on any atom is -0.494 e. The van der Waals surface area contributed by atoms with E-state index in [2.05, 4.69) is 30.4 Å². The van der Waals surface area contributed by atoms with Crippen LogP contribution in [0.3, 0.4) is 0 Å². The van der Waals surface area contributed by atoms with E-state index in [4.69, 9.17) is 9.15 Å². The molecule has 1 aliphatic carbocycles. The van der Waals surface area contributed by atoms with Gasteiger partial charge in [0, 0.05) is 35.4 Å². The van der Waals surface area contributed by atoms with Gasteiger partial charge in [-0.05, 0) is 78.2 Å². The van der Waals surface area contributed by atoms with Gasteiger partial charge in [0.1, 0.15) is 17.6 Å². The van der Waals surface area contributed by atoms with E-state index in [0.29, 0.717) is 31.1 Å². The van der Waals surface area contributed by atoms with Gasteiger partial charge < -0.3 is 14.1 Å². The summed E-state index contributed by atoms with van der Waals surface area (Å²) < 4.78 is 13.5. The third-order valence-electron chi connectivity index (χ3n) is 7.55. The van der Waals surface area contributed by atoms with Gasteiger partial charge in [0.2, 0.25) is 0 Å². The summed E-state index contributed by atoms with van der Waals surface area (Å²) in [5.41, 5.74) is 2.12. The lowest BCUT2D eigenvalue weighted by atomic mass is 9.95. The number of benzene rings is 1. The molecule has 1 aromatic carbocycles. The van der Waals surface area contributed by atoms with E-state index < -0.39 is 6.04 Å². The molecule has 40 heavy (non-hydrogen) atoms. The first kappa shape index (κ1) is 25.9. The fourth-order valence-electron chi connectivity index (χ4n) is 5.69. The van der Waals surface area contributed by atoms with E-state index in [1.807, 2.05) is 66.3 Å². The third kappa shape index (κ3) is 5.53. The zero-order valence-corrected chi connectivity index (χ0v) is 22.6. The summed E-state index contributed by atoms with van der Waals surface area (Å²) in [6.45, 7) is 3.46. The van der Waals surface area contributed by atoms with Crippen molar-refractivity contribution in [2.75, 3.05) is 6.61 Å². The highest BCUT2D eigenvalue weighted by Gasteiger charge is 2.33. The second-order valence-electron chi connectivity index (χ2n) is 10.3. The van der Waals surface area contributed by atoms with Crippen LogP contribution >= 0.6 is 0 Å². The van der Waals surface area contributed by atoms with Crippen LogP contribution in [0.15, 0.2) is 76.4 Å². The Morgan fingerprint density at radius 2 is 2.02 bits per heavy atom. The molecule has 1 atom stereocenters. The Labute approximate surface area is 232 Å². The summed E-state index contributed by atoms with van der Waals surface area (Å²) in [6, 6.07) is 15.0. The van der Waals surface area contributed by atoms with Crippen LogP contribution in [-0.4, -0.2) is 41.7 Å². The molecule has 10 nitrogen and oxygen atoms in total. The van der Waals surface area contributed by atoms with Gasteiger partial charge in [-0.1, -0.05) is 25.3 Å². The zero-order chi connectivity index (χ0) is 27.3. The third-order valence-corrected chi connectivity index (χ3v) is 7.55. The van der Waals surface area contributed by atoms with Gasteiger partial charge in [0.05, 0.1) is 25.5 Å². The smallest absolute Gasteiger partial charge is 0.253 e. The molecule has 0 spiro atoms. The number of H-pyrrole nitrogens is 1. The monoisotopic (exact) mass is 539 g/mol. The molecule has 0 saturated heterocycles. The number of tetrazole rings is 1. The molecule has 4 aromatic heterocycles. The maximum atomic E-state index is 13.8. The topological polar surface area (TPSA) is 115 Å². The van der Waals surface area contributed by atoms with Crippen molar-refractivity contribution in [2.24, 2.45) is 0 Å². The summed E-state index contributed by atoms with van der Waals surface area (Å²) in [7, 11) is 0. The first-order valence-corrected chi connectivity index (χ1v) is 13.9. The lowest BCUT2D eigenvalue weighted by Gasteiger charge is -2.32. The predicted molar refractivity (Wildman–Crippen MR) is 150 cm³/mol. The van der Waals surface area contributed by atoms with Crippen LogP contribution in [0.2, 0.25) is 0 Å². The molecule has 1 saturated carbocycles. The highest BCUT2D eigenvalue weighted by atomic mass is 16.5. The number of rotatable bonds is 10. The maximum absolute atomic E-state index is 13.8. The summed E-state index contributed by atoms with van der Waals surface area (Å²) in [5.74, 6) is 2.17. The molecule has 5 aromatic rings. The predicted octanol–water partition coefficient (Wildman–Crippen LogP) is 5.20. The molecule has 0 bridgehead atoms. The van der Waals surface area contributed by atoms with Gasteiger partial charge >= 0.3 is 0 Å². The Kier molecular flexibility index (Phi) is 7.67. The van der Waals surface area contributed by atoms with E-state index in [9.17, 15) is 4.79 Å². The lowest BCUT2D eigenvalue weighted by molar-refractivity contribution is 0.173. The van der Waals surface area contributed by atoms with Crippen molar-refractivity contribution in [1.29, 1.82) is 0 Å². The van der Waals surface area contributed by atoms with Gasteiger partial charge in [-0.3, -0.25) is 14.7 Å². The number of hydrogen-bond acceptors (Lipinski definition) is 8. The molecule has 6 rings (SSSR count). The van der Waals surface area contributed by atoms with E-state index in [0.717, 1.165) is 53.7 Å². The zero-order valence-electron chi connectivity index (χ0n) is 22.6. The van der Waals surface area contributed by atoms with Crippen LogP contribution in [0.1, 0.15) is 73.8 Å². The van der Waals surface area contributed by atoms with Gasteiger partial charge in [-0.15, -0.1) is 5.10 Å². The molecule has 10 heteroatoms. The molecule has 1 aliphatic rings. The van der Waals surface area contributed by atoms with Gasteiger partial charge in [-0.25, -0.2) is 4.68 Å². The van der Waals surface area contributed by atoms with Crippen LogP contribution in [0.5, 0.6) is 5.75 Å². The van der Waals surface area contributed by atoms with Crippen molar-refractivity contribution < 1.29 is 9.15 Å². The van der Waals surface area contributed by atoms with Gasteiger partial charge in [0.15, 0.2) is 5.82 Å². The van der Waals surface area contributed by atoms with Crippen LogP contribution < -0.4 is 10.3 Å². The first-order chi connectivity index (χ1) is 19.7. The van der Waals surface area contributed by atoms with Crippen LogP contribution in [0, 0.1) is 0 Å². The molecule has 1 N–H and O–H groups in total. The number of aromatic amines is 1. The molecular weight excluding hydrogens is 506 g/mol.